The first kappa shape index (κ1) is 17.4. The lowest BCUT2D eigenvalue weighted by Crippen LogP contribution is -2.10. The van der Waals surface area contributed by atoms with Gasteiger partial charge in [0, 0.05) is 22.7 Å². The molecule has 0 aliphatic heterocycles. The van der Waals surface area contributed by atoms with Crippen molar-refractivity contribution in [3.05, 3.63) is 78.1 Å². The van der Waals surface area contributed by atoms with Crippen LogP contribution in [0.1, 0.15) is 35.1 Å². The van der Waals surface area contributed by atoms with Crippen LogP contribution in [0.2, 0.25) is 0 Å². The number of nitrogens with one attached hydrogen (secondary N) is 2. The van der Waals surface area contributed by atoms with Crippen LogP contribution >= 0.6 is 0 Å². The second-order valence-corrected chi connectivity index (χ2v) is 7.02. The van der Waals surface area contributed by atoms with E-state index < -0.39 is 0 Å². The summed E-state index contributed by atoms with van der Waals surface area (Å²) >= 11 is 0. The highest BCUT2D eigenvalue weighted by molar-refractivity contribution is 6.02. The van der Waals surface area contributed by atoms with E-state index >= 15 is 0 Å². The molecule has 7 heteroatoms. The number of rotatable bonds is 5. The monoisotopic (exact) mass is 388 g/mol. The summed E-state index contributed by atoms with van der Waals surface area (Å²) in [6.07, 6.45) is 2.29. The highest BCUT2D eigenvalue weighted by atomic mass is 19.1. The predicted molar refractivity (Wildman–Crippen MR) is 106 cm³/mol. The predicted octanol–water partition coefficient (Wildman–Crippen LogP) is 5.00. The number of furan rings is 1. The van der Waals surface area contributed by atoms with Crippen LogP contribution in [0.3, 0.4) is 0 Å². The van der Waals surface area contributed by atoms with Gasteiger partial charge in [-0.3, -0.25) is 9.89 Å². The number of halogens is 1. The summed E-state index contributed by atoms with van der Waals surface area (Å²) in [4.78, 5) is 17.1. The summed E-state index contributed by atoms with van der Waals surface area (Å²) in [5, 5.41) is 10.1. The molecule has 29 heavy (non-hydrogen) atoms. The number of amides is 1. The van der Waals surface area contributed by atoms with Crippen molar-refractivity contribution in [2.45, 2.75) is 18.8 Å². The van der Waals surface area contributed by atoms with Gasteiger partial charge in [0.15, 0.2) is 11.6 Å². The molecule has 4 aromatic rings. The molecule has 2 aromatic carbocycles. The molecule has 0 unspecified atom stereocenters. The Labute approximate surface area is 165 Å². The zero-order valence-corrected chi connectivity index (χ0v) is 15.4. The van der Waals surface area contributed by atoms with E-state index in [1.807, 2.05) is 18.2 Å². The molecule has 1 fully saturated rings. The molecule has 0 atom stereocenters. The molecule has 1 amide bonds. The average Bonchev–Trinajstić information content (AvgIpc) is 3.26. The number of hydrogen-bond acceptors (Lipinski definition) is 4. The third-order valence-corrected chi connectivity index (χ3v) is 4.80. The minimum atomic E-state index is -0.371. The number of carbonyl (C=O) groups excluding carboxylic acids is 1. The number of aromatic nitrogens is 3. The minimum absolute atomic E-state index is 0.170. The third-order valence-electron chi connectivity index (χ3n) is 4.80. The molecule has 0 radical (unpaired) electrons. The van der Waals surface area contributed by atoms with Gasteiger partial charge < -0.3 is 9.73 Å². The number of benzene rings is 2. The van der Waals surface area contributed by atoms with E-state index in [0.717, 1.165) is 24.2 Å². The SMILES string of the molecule is O=C(Nc1cccc(-c2n[nH]c(C3CC3)n2)c1)c1ccc(-c2ccc(F)cc2)o1. The number of hydrogen-bond donors (Lipinski definition) is 2. The first-order valence-electron chi connectivity index (χ1n) is 9.35. The van der Waals surface area contributed by atoms with Crippen LogP contribution in [0, 0.1) is 5.82 Å². The number of anilines is 1. The molecule has 0 spiro atoms. The summed E-state index contributed by atoms with van der Waals surface area (Å²) in [5.41, 5.74) is 2.13. The first-order valence-corrected chi connectivity index (χ1v) is 9.35. The van der Waals surface area contributed by atoms with E-state index in [9.17, 15) is 9.18 Å². The topological polar surface area (TPSA) is 83.8 Å². The van der Waals surface area contributed by atoms with Crippen molar-refractivity contribution in [1.29, 1.82) is 0 Å². The Morgan fingerprint density at radius 3 is 2.69 bits per heavy atom. The van der Waals surface area contributed by atoms with Gasteiger partial charge in [-0.25, -0.2) is 9.37 Å². The van der Waals surface area contributed by atoms with Gasteiger partial charge in [0.25, 0.3) is 5.91 Å². The van der Waals surface area contributed by atoms with Crippen LogP contribution in [-0.2, 0) is 0 Å². The lowest BCUT2D eigenvalue weighted by atomic mass is 10.2. The fourth-order valence-electron chi connectivity index (χ4n) is 3.10. The second kappa shape index (κ2) is 7.01. The van der Waals surface area contributed by atoms with Gasteiger partial charge in [0.1, 0.15) is 17.4 Å². The van der Waals surface area contributed by atoms with E-state index in [0.29, 0.717) is 28.8 Å². The Hall–Kier alpha value is -3.74. The second-order valence-electron chi connectivity index (χ2n) is 7.02. The van der Waals surface area contributed by atoms with Crippen molar-refractivity contribution in [1.82, 2.24) is 15.2 Å². The summed E-state index contributed by atoms with van der Waals surface area (Å²) in [7, 11) is 0. The molecule has 1 aliphatic carbocycles. The molecule has 5 rings (SSSR count). The Kier molecular flexibility index (Phi) is 4.20. The van der Waals surface area contributed by atoms with Crippen LogP contribution in [0.25, 0.3) is 22.7 Å². The lowest BCUT2D eigenvalue weighted by Gasteiger charge is -2.05. The maximum atomic E-state index is 13.1. The standard InChI is InChI=1S/C22H17FN4O2/c23-16-8-6-13(7-9-16)18-10-11-19(29-18)22(28)24-17-3-1-2-15(12-17)21-25-20(26-27-21)14-4-5-14/h1-3,6-12,14H,4-5H2,(H,24,28)(H,25,26,27). The number of H-pyrrole nitrogens is 1. The van der Waals surface area contributed by atoms with Gasteiger partial charge in [-0.1, -0.05) is 12.1 Å². The highest BCUT2D eigenvalue weighted by Crippen LogP contribution is 2.38. The molecule has 1 saturated carbocycles. The molecule has 6 nitrogen and oxygen atoms in total. The Morgan fingerprint density at radius 1 is 1.07 bits per heavy atom. The van der Waals surface area contributed by atoms with E-state index in [2.05, 4.69) is 20.5 Å². The summed E-state index contributed by atoms with van der Waals surface area (Å²) in [6, 6.07) is 16.5. The fraction of sp³-hybridized carbons (Fsp3) is 0.136. The van der Waals surface area contributed by atoms with E-state index in [-0.39, 0.29) is 17.5 Å². The van der Waals surface area contributed by atoms with Crippen molar-refractivity contribution < 1.29 is 13.6 Å². The maximum absolute atomic E-state index is 13.1. The smallest absolute Gasteiger partial charge is 0.291 e. The van der Waals surface area contributed by atoms with Crippen LogP contribution in [0.5, 0.6) is 0 Å². The number of aromatic amines is 1. The highest BCUT2D eigenvalue weighted by Gasteiger charge is 2.27. The number of carbonyl (C=O) groups is 1. The Balaban J connectivity index is 1.32. The van der Waals surface area contributed by atoms with Crippen LogP contribution in [-0.4, -0.2) is 21.1 Å². The Morgan fingerprint density at radius 2 is 1.90 bits per heavy atom. The van der Waals surface area contributed by atoms with Gasteiger partial charge in [0.2, 0.25) is 0 Å². The molecular formula is C22H17FN4O2. The van der Waals surface area contributed by atoms with Gasteiger partial charge >= 0.3 is 0 Å². The molecule has 0 bridgehead atoms. The van der Waals surface area contributed by atoms with E-state index in [1.165, 1.54) is 12.1 Å². The number of nitrogens with zero attached hydrogens (tertiary/aromatic N) is 2. The zero-order valence-electron chi connectivity index (χ0n) is 15.4. The van der Waals surface area contributed by atoms with Crippen molar-refractivity contribution in [3.63, 3.8) is 0 Å². The largest absolute Gasteiger partial charge is 0.451 e. The van der Waals surface area contributed by atoms with E-state index in [1.54, 1.807) is 30.3 Å². The quantitative estimate of drug-likeness (QED) is 0.504. The van der Waals surface area contributed by atoms with Gasteiger partial charge in [-0.15, -0.1) is 0 Å². The molecule has 2 aromatic heterocycles. The van der Waals surface area contributed by atoms with Crippen LogP contribution in [0.15, 0.2) is 65.1 Å². The van der Waals surface area contributed by atoms with E-state index in [4.69, 9.17) is 4.42 Å². The summed E-state index contributed by atoms with van der Waals surface area (Å²) in [5.74, 6) is 1.99. The lowest BCUT2D eigenvalue weighted by molar-refractivity contribution is 0.0997. The first-order chi connectivity index (χ1) is 14.2. The zero-order chi connectivity index (χ0) is 19.8. The fourth-order valence-corrected chi connectivity index (χ4v) is 3.10. The molecule has 2 N–H and O–H groups in total. The van der Waals surface area contributed by atoms with Crippen LogP contribution < -0.4 is 5.32 Å². The van der Waals surface area contributed by atoms with Crippen molar-refractivity contribution in [2.75, 3.05) is 5.32 Å². The molecule has 0 saturated heterocycles. The minimum Gasteiger partial charge on any atom is -0.451 e. The van der Waals surface area contributed by atoms with Crippen molar-refractivity contribution in [2.24, 2.45) is 0 Å². The molecular weight excluding hydrogens is 371 g/mol. The third kappa shape index (κ3) is 3.67. The van der Waals surface area contributed by atoms with Gasteiger partial charge in [-0.05, 0) is 61.4 Å². The molecule has 1 aliphatic rings. The molecule has 144 valence electrons. The van der Waals surface area contributed by atoms with Crippen molar-refractivity contribution in [3.8, 4) is 22.7 Å². The average molecular weight is 388 g/mol. The van der Waals surface area contributed by atoms with Crippen molar-refractivity contribution >= 4 is 11.6 Å². The van der Waals surface area contributed by atoms with Gasteiger partial charge in [-0.2, -0.15) is 5.10 Å². The maximum Gasteiger partial charge on any atom is 0.291 e. The normalized spacial score (nSPS) is 13.4. The summed E-state index contributed by atoms with van der Waals surface area (Å²) < 4.78 is 18.7. The van der Waals surface area contributed by atoms with Crippen LogP contribution in [0.4, 0.5) is 10.1 Å². The Bertz CT molecular complexity index is 1180. The summed E-state index contributed by atoms with van der Waals surface area (Å²) in [6.45, 7) is 0. The molecule has 2 heterocycles. The van der Waals surface area contributed by atoms with Gasteiger partial charge in [0.05, 0.1) is 0 Å².